The van der Waals surface area contributed by atoms with Crippen LogP contribution in [0.1, 0.15) is 27.2 Å². The second-order valence-electron chi connectivity index (χ2n) is 4.75. The molecule has 5 nitrogen and oxygen atoms in total. The molecular formula is C12H21NO4. The lowest BCUT2D eigenvalue weighted by molar-refractivity contribution is -0.142. The van der Waals surface area contributed by atoms with Gasteiger partial charge in [0, 0.05) is 13.1 Å². The average Bonchev–Trinajstić information content (AvgIpc) is 2.67. The Balaban J connectivity index is 2.42. The molecule has 1 aliphatic rings. The number of aliphatic carboxylic acids is 1. The fourth-order valence-electron chi connectivity index (χ4n) is 1.91. The van der Waals surface area contributed by atoms with Gasteiger partial charge in [-0.25, -0.2) is 0 Å². The van der Waals surface area contributed by atoms with Gasteiger partial charge < -0.3 is 14.7 Å². The number of rotatable bonds is 5. The largest absolute Gasteiger partial charge is 0.481 e. The summed E-state index contributed by atoms with van der Waals surface area (Å²) in [4.78, 5) is 24.3. The molecule has 0 spiro atoms. The summed E-state index contributed by atoms with van der Waals surface area (Å²) in [5, 5.41) is 8.97. The van der Waals surface area contributed by atoms with Gasteiger partial charge in [-0.1, -0.05) is 13.8 Å². The first kappa shape index (κ1) is 14.0. The zero-order valence-electron chi connectivity index (χ0n) is 10.7. The van der Waals surface area contributed by atoms with Crippen molar-refractivity contribution in [2.45, 2.75) is 33.3 Å². The van der Waals surface area contributed by atoms with Crippen LogP contribution in [0.25, 0.3) is 0 Å². The molecule has 3 atom stereocenters. The van der Waals surface area contributed by atoms with E-state index in [1.807, 2.05) is 20.8 Å². The number of carbonyl (C=O) groups excluding carboxylic acids is 1. The number of carboxylic acids is 1. The monoisotopic (exact) mass is 243 g/mol. The van der Waals surface area contributed by atoms with Crippen LogP contribution in [0.3, 0.4) is 0 Å². The quantitative estimate of drug-likeness (QED) is 0.781. The van der Waals surface area contributed by atoms with Crippen molar-refractivity contribution in [3.63, 3.8) is 0 Å². The Morgan fingerprint density at radius 1 is 1.47 bits per heavy atom. The summed E-state index contributed by atoms with van der Waals surface area (Å²) in [6.45, 7) is 6.64. The fraction of sp³-hybridized carbons (Fsp3) is 0.833. The molecule has 1 saturated heterocycles. The summed E-state index contributed by atoms with van der Waals surface area (Å²) in [5.41, 5.74) is 0. The molecule has 0 aromatic rings. The summed E-state index contributed by atoms with van der Waals surface area (Å²) in [7, 11) is 0. The number of carbonyl (C=O) groups is 2. The van der Waals surface area contributed by atoms with Gasteiger partial charge in [0.2, 0.25) is 5.91 Å². The van der Waals surface area contributed by atoms with Crippen LogP contribution in [-0.4, -0.2) is 47.7 Å². The maximum absolute atomic E-state index is 11.8. The minimum atomic E-state index is -0.823. The van der Waals surface area contributed by atoms with Crippen LogP contribution in [0.4, 0.5) is 0 Å². The third-order valence-corrected chi connectivity index (χ3v) is 3.35. The molecule has 0 aromatic carbocycles. The second-order valence-corrected chi connectivity index (χ2v) is 4.75. The zero-order chi connectivity index (χ0) is 13.0. The van der Waals surface area contributed by atoms with E-state index in [0.29, 0.717) is 13.1 Å². The number of ether oxygens (including phenoxy) is 1. The molecule has 0 radical (unpaired) electrons. The van der Waals surface area contributed by atoms with Gasteiger partial charge in [-0.15, -0.1) is 0 Å². The highest BCUT2D eigenvalue weighted by Crippen LogP contribution is 2.23. The van der Waals surface area contributed by atoms with Crippen LogP contribution >= 0.6 is 0 Å². The number of hydrogen-bond donors (Lipinski definition) is 1. The molecule has 1 heterocycles. The number of nitrogens with zero attached hydrogens (tertiary/aromatic N) is 1. The smallest absolute Gasteiger partial charge is 0.308 e. The maximum Gasteiger partial charge on any atom is 0.308 e. The molecule has 1 aliphatic heterocycles. The summed E-state index contributed by atoms with van der Waals surface area (Å²) < 4.78 is 5.36. The lowest BCUT2D eigenvalue weighted by Crippen LogP contribution is -2.33. The lowest BCUT2D eigenvalue weighted by atomic mass is 9.99. The highest BCUT2D eigenvalue weighted by atomic mass is 16.5. The van der Waals surface area contributed by atoms with Crippen molar-refractivity contribution in [3.8, 4) is 0 Å². The zero-order valence-corrected chi connectivity index (χ0v) is 10.7. The van der Waals surface area contributed by atoms with E-state index in [4.69, 9.17) is 9.84 Å². The molecule has 1 N–H and O–H groups in total. The summed E-state index contributed by atoms with van der Waals surface area (Å²) in [6, 6.07) is 0. The topological polar surface area (TPSA) is 66.8 Å². The third-order valence-electron chi connectivity index (χ3n) is 3.35. The molecule has 1 unspecified atom stereocenters. The first-order valence-corrected chi connectivity index (χ1v) is 6.07. The highest BCUT2D eigenvalue weighted by Gasteiger charge is 2.36. The number of carboxylic acid groups (broad SMARTS) is 1. The SMILES string of the molecule is CCC(C)OCC(=O)N1C[C@@H](C)[C@H](C(=O)O)C1. The van der Waals surface area contributed by atoms with E-state index < -0.39 is 11.9 Å². The summed E-state index contributed by atoms with van der Waals surface area (Å²) >= 11 is 0. The molecule has 1 rings (SSSR count). The van der Waals surface area contributed by atoms with Gasteiger partial charge >= 0.3 is 5.97 Å². The second kappa shape index (κ2) is 6.00. The Morgan fingerprint density at radius 2 is 2.12 bits per heavy atom. The lowest BCUT2D eigenvalue weighted by Gasteiger charge is -2.17. The molecule has 0 aromatic heterocycles. The Labute approximate surface area is 102 Å². The molecule has 5 heteroatoms. The van der Waals surface area contributed by atoms with Gasteiger partial charge in [0.25, 0.3) is 0 Å². The molecule has 17 heavy (non-hydrogen) atoms. The predicted octanol–water partition coefficient (Wildman–Crippen LogP) is 0.981. The summed E-state index contributed by atoms with van der Waals surface area (Å²) in [5.74, 6) is -1.36. The molecule has 0 aliphatic carbocycles. The van der Waals surface area contributed by atoms with Crippen LogP contribution < -0.4 is 0 Å². The van der Waals surface area contributed by atoms with Gasteiger partial charge in [0.05, 0.1) is 12.0 Å². The highest BCUT2D eigenvalue weighted by molar-refractivity contribution is 5.79. The van der Waals surface area contributed by atoms with Crippen molar-refractivity contribution in [3.05, 3.63) is 0 Å². The van der Waals surface area contributed by atoms with Gasteiger partial charge in [0.1, 0.15) is 6.61 Å². The van der Waals surface area contributed by atoms with E-state index in [-0.39, 0.29) is 24.5 Å². The van der Waals surface area contributed by atoms with Crippen molar-refractivity contribution in [2.75, 3.05) is 19.7 Å². The van der Waals surface area contributed by atoms with Gasteiger partial charge in [-0.2, -0.15) is 0 Å². The van der Waals surface area contributed by atoms with E-state index in [1.165, 1.54) is 0 Å². The van der Waals surface area contributed by atoms with Crippen molar-refractivity contribution in [1.82, 2.24) is 4.90 Å². The van der Waals surface area contributed by atoms with Gasteiger partial charge in [0.15, 0.2) is 0 Å². The number of likely N-dealkylation sites (tertiary alicyclic amines) is 1. The number of amides is 1. The van der Waals surface area contributed by atoms with E-state index >= 15 is 0 Å². The predicted molar refractivity (Wildman–Crippen MR) is 62.6 cm³/mol. The van der Waals surface area contributed by atoms with E-state index in [0.717, 1.165) is 6.42 Å². The molecular weight excluding hydrogens is 222 g/mol. The first-order chi connectivity index (χ1) is 7.95. The Bertz CT molecular complexity index is 292. The Morgan fingerprint density at radius 3 is 2.59 bits per heavy atom. The number of hydrogen-bond acceptors (Lipinski definition) is 3. The van der Waals surface area contributed by atoms with E-state index in [2.05, 4.69) is 0 Å². The van der Waals surface area contributed by atoms with E-state index in [9.17, 15) is 9.59 Å². The van der Waals surface area contributed by atoms with Crippen molar-refractivity contribution in [2.24, 2.45) is 11.8 Å². The van der Waals surface area contributed by atoms with Gasteiger partial charge in [-0.3, -0.25) is 9.59 Å². The Hall–Kier alpha value is -1.10. The maximum atomic E-state index is 11.8. The average molecular weight is 243 g/mol. The van der Waals surface area contributed by atoms with Crippen LogP contribution in [-0.2, 0) is 14.3 Å². The van der Waals surface area contributed by atoms with Crippen LogP contribution in [0.2, 0.25) is 0 Å². The minimum Gasteiger partial charge on any atom is -0.481 e. The molecule has 1 fully saturated rings. The van der Waals surface area contributed by atoms with Crippen molar-refractivity contribution in [1.29, 1.82) is 0 Å². The Kier molecular flexibility index (Phi) is 4.93. The standard InChI is InChI=1S/C12H21NO4/c1-4-9(3)17-7-11(14)13-5-8(2)10(6-13)12(15)16/h8-10H,4-7H2,1-3H3,(H,15,16)/t8-,9?,10-/m1/s1. The van der Waals surface area contributed by atoms with Crippen LogP contribution in [0.5, 0.6) is 0 Å². The fourth-order valence-corrected chi connectivity index (χ4v) is 1.91. The summed E-state index contributed by atoms with van der Waals surface area (Å²) in [6.07, 6.45) is 0.927. The molecule has 1 amide bonds. The third kappa shape index (κ3) is 3.70. The van der Waals surface area contributed by atoms with E-state index in [1.54, 1.807) is 4.90 Å². The van der Waals surface area contributed by atoms with Crippen LogP contribution in [0, 0.1) is 11.8 Å². The molecule has 0 bridgehead atoms. The molecule has 0 saturated carbocycles. The normalized spacial score (nSPS) is 25.9. The van der Waals surface area contributed by atoms with Crippen molar-refractivity contribution < 1.29 is 19.4 Å². The minimum absolute atomic E-state index is 0.0139. The van der Waals surface area contributed by atoms with Crippen molar-refractivity contribution >= 4 is 11.9 Å². The van der Waals surface area contributed by atoms with Crippen LogP contribution in [0.15, 0.2) is 0 Å². The van der Waals surface area contributed by atoms with Gasteiger partial charge in [-0.05, 0) is 19.3 Å². The molecule has 98 valence electrons. The first-order valence-electron chi connectivity index (χ1n) is 6.07.